The minimum Gasteiger partial charge on any atom is -0.359 e. The van der Waals surface area contributed by atoms with Gasteiger partial charge >= 0.3 is 0 Å². The molecular formula is C14H17F2N3O2. The minimum absolute atomic E-state index is 0.190. The predicted molar refractivity (Wildman–Crippen MR) is 72.7 cm³/mol. The number of likely N-dealkylation sites (tertiary alicyclic amines) is 1. The van der Waals surface area contributed by atoms with Gasteiger partial charge in [-0.1, -0.05) is 0 Å². The van der Waals surface area contributed by atoms with Gasteiger partial charge in [-0.25, -0.2) is 8.78 Å². The Morgan fingerprint density at radius 1 is 1.29 bits per heavy atom. The summed E-state index contributed by atoms with van der Waals surface area (Å²) in [5, 5.41) is 5.15. The van der Waals surface area contributed by atoms with Crippen LogP contribution in [0.15, 0.2) is 18.2 Å². The number of likely N-dealkylation sites (N-methyl/N-ethyl adjacent to an activating group) is 1. The number of halogens is 2. The van der Waals surface area contributed by atoms with E-state index in [1.165, 1.54) is 7.05 Å². The van der Waals surface area contributed by atoms with Crippen molar-refractivity contribution in [2.45, 2.75) is 6.04 Å². The number of hydrogen-bond donors (Lipinski definition) is 2. The zero-order valence-electron chi connectivity index (χ0n) is 11.8. The van der Waals surface area contributed by atoms with Crippen LogP contribution in [0.25, 0.3) is 0 Å². The lowest BCUT2D eigenvalue weighted by molar-refractivity contribution is -0.124. The lowest BCUT2D eigenvalue weighted by Gasteiger charge is -2.18. The van der Waals surface area contributed by atoms with Crippen LogP contribution in [-0.2, 0) is 4.79 Å². The molecule has 2 rings (SSSR count). The highest BCUT2D eigenvalue weighted by Gasteiger charge is 2.36. The molecule has 1 aliphatic rings. The van der Waals surface area contributed by atoms with Gasteiger partial charge in [-0.05, 0) is 25.2 Å². The molecule has 2 amide bonds. The number of amides is 2. The molecule has 0 aliphatic carbocycles. The third kappa shape index (κ3) is 3.36. The summed E-state index contributed by atoms with van der Waals surface area (Å²) in [6.45, 7) is 0.969. The van der Waals surface area contributed by atoms with E-state index in [4.69, 9.17) is 0 Å². The van der Waals surface area contributed by atoms with Crippen LogP contribution in [0.4, 0.5) is 8.78 Å². The molecule has 1 aromatic carbocycles. The molecule has 0 radical (unpaired) electrons. The number of nitrogens with one attached hydrogen (secondary N) is 2. The normalized spacial score (nSPS) is 22.1. The average Bonchev–Trinajstić information content (AvgIpc) is 2.81. The Bertz CT molecular complexity index is 565. The van der Waals surface area contributed by atoms with Crippen LogP contribution in [0.3, 0.4) is 0 Å². The van der Waals surface area contributed by atoms with Crippen LogP contribution in [0, 0.1) is 17.6 Å². The van der Waals surface area contributed by atoms with E-state index >= 15 is 0 Å². The summed E-state index contributed by atoms with van der Waals surface area (Å²) >= 11 is 0. The zero-order chi connectivity index (χ0) is 15.6. The fraction of sp³-hybridized carbons (Fsp3) is 0.429. The quantitative estimate of drug-likeness (QED) is 0.847. The van der Waals surface area contributed by atoms with E-state index in [1.807, 2.05) is 11.9 Å². The van der Waals surface area contributed by atoms with Crippen LogP contribution >= 0.6 is 0 Å². The van der Waals surface area contributed by atoms with Crippen molar-refractivity contribution in [1.29, 1.82) is 0 Å². The lowest BCUT2D eigenvalue weighted by Crippen LogP contribution is -2.45. The smallest absolute Gasteiger partial charge is 0.254 e. The maximum atomic E-state index is 13.6. The van der Waals surface area contributed by atoms with E-state index in [9.17, 15) is 18.4 Å². The van der Waals surface area contributed by atoms with Crippen molar-refractivity contribution in [2.75, 3.05) is 27.2 Å². The molecule has 0 unspecified atom stereocenters. The number of hydrogen-bond acceptors (Lipinski definition) is 3. The summed E-state index contributed by atoms with van der Waals surface area (Å²) in [5.74, 6) is -2.81. The first-order chi connectivity index (χ1) is 9.92. The van der Waals surface area contributed by atoms with Crippen LogP contribution in [0.1, 0.15) is 10.4 Å². The van der Waals surface area contributed by atoms with E-state index in [-0.39, 0.29) is 11.5 Å². The molecule has 7 heteroatoms. The lowest BCUT2D eigenvalue weighted by atomic mass is 10.0. The van der Waals surface area contributed by atoms with Gasteiger partial charge in [-0.15, -0.1) is 0 Å². The number of carbonyl (C=O) groups excluding carboxylic acids is 2. The topological polar surface area (TPSA) is 61.4 Å². The van der Waals surface area contributed by atoms with Crippen molar-refractivity contribution < 1.29 is 18.4 Å². The van der Waals surface area contributed by atoms with Crippen molar-refractivity contribution >= 4 is 11.8 Å². The second kappa shape index (κ2) is 6.17. The van der Waals surface area contributed by atoms with Gasteiger partial charge in [0.05, 0.1) is 17.5 Å². The molecule has 21 heavy (non-hydrogen) atoms. The fourth-order valence-corrected chi connectivity index (χ4v) is 2.52. The van der Waals surface area contributed by atoms with E-state index in [0.29, 0.717) is 13.1 Å². The van der Waals surface area contributed by atoms with Crippen LogP contribution in [0.5, 0.6) is 0 Å². The van der Waals surface area contributed by atoms with Crippen molar-refractivity contribution in [3.63, 3.8) is 0 Å². The molecule has 1 saturated heterocycles. The molecular weight excluding hydrogens is 280 g/mol. The molecule has 1 heterocycles. The average molecular weight is 297 g/mol. The van der Waals surface area contributed by atoms with Gasteiger partial charge in [0, 0.05) is 20.1 Å². The number of rotatable bonds is 3. The maximum absolute atomic E-state index is 13.6. The Labute approximate surface area is 121 Å². The van der Waals surface area contributed by atoms with E-state index in [0.717, 1.165) is 18.2 Å². The largest absolute Gasteiger partial charge is 0.359 e. The van der Waals surface area contributed by atoms with E-state index < -0.39 is 29.5 Å². The highest BCUT2D eigenvalue weighted by atomic mass is 19.1. The Balaban J connectivity index is 2.14. The molecule has 2 atom stereocenters. The number of carbonyl (C=O) groups is 2. The third-order valence-electron chi connectivity index (χ3n) is 3.58. The molecule has 5 nitrogen and oxygen atoms in total. The summed E-state index contributed by atoms with van der Waals surface area (Å²) in [5.41, 5.74) is -0.361. The first-order valence-corrected chi connectivity index (χ1v) is 6.58. The molecule has 1 fully saturated rings. The van der Waals surface area contributed by atoms with E-state index in [1.54, 1.807) is 0 Å². The van der Waals surface area contributed by atoms with Gasteiger partial charge < -0.3 is 15.5 Å². The van der Waals surface area contributed by atoms with Crippen molar-refractivity contribution in [3.8, 4) is 0 Å². The predicted octanol–water partition coefficient (Wildman–Crippen LogP) is 0.371. The van der Waals surface area contributed by atoms with Gasteiger partial charge in [0.25, 0.3) is 5.91 Å². The molecule has 1 aliphatic heterocycles. The molecule has 0 spiro atoms. The van der Waals surface area contributed by atoms with Gasteiger partial charge in [-0.2, -0.15) is 0 Å². The Morgan fingerprint density at radius 2 is 2.00 bits per heavy atom. The molecule has 114 valence electrons. The molecule has 1 aromatic rings. The number of benzene rings is 1. The van der Waals surface area contributed by atoms with Crippen molar-refractivity contribution in [1.82, 2.24) is 15.5 Å². The summed E-state index contributed by atoms with van der Waals surface area (Å²) in [6, 6.07) is 2.26. The Hall–Kier alpha value is -2.02. The molecule has 0 bridgehead atoms. The van der Waals surface area contributed by atoms with Crippen molar-refractivity contribution in [2.24, 2.45) is 5.92 Å². The summed E-state index contributed by atoms with van der Waals surface area (Å²) in [7, 11) is 3.34. The minimum atomic E-state index is -0.795. The first kappa shape index (κ1) is 15.4. The Kier molecular flexibility index (Phi) is 4.52. The van der Waals surface area contributed by atoms with E-state index in [2.05, 4.69) is 10.6 Å². The summed E-state index contributed by atoms with van der Waals surface area (Å²) in [4.78, 5) is 25.8. The Morgan fingerprint density at radius 3 is 2.67 bits per heavy atom. The monoisotopic (exact) mass is 297 g/mol. The standard InChI is InChI=1S/C14H17F2N3O2/c1-17-13(20)10-6-19(2)7-12(10)18-14(21)9-5-8(15)3-4-11(9)16/h3-5,10,12H,6-7H2,1-2H3,(H,17,20)(H,18,21)/t10-,12+/m1/s1. The first-order valence-electron chi connectivity index (χ1n) is 6.58. The van der Waals surface area contributed by atoms with Crippen LogP contribution in [0.2, 0.25) is 0 Å². The summed E-state index contributed by atoms with van der Waals surface area (Å²) in [6.07, 6.45) is 0. The highest BCUT2D eigenvalue weighted by molar-refractivity contribution is 5.95. The SMILES string of the molecule is CNC(=O)[C@@H]1CN(C)C[C@@H]1NC(=O)c1cc(F)ccc1F. The maximum Gasteiger partial charge on any atom is 0.254 e. The van der Waals surface area contributed by atoms with Gasteiger partial charge in [0.1, 0.15) is 11.6 Å². The van der Waals surface area contributed by atoms with Crippen molar-refractivity contribution in [3.05, 3.63) is 35.4 Å². The van der Waals surface area contributed by atoms with Gasteiger partial charge in [0.15, 0.2) is 0 Å². The molecule has 2 N–H and O–H groups in total. The second-order valence-corrected chi connectivity index (χ2v) is 5.15. The van der Waals surface area contributed by atoms with Gasteiger partial charge in [0.2, 0.25) is 5.91 Å². The number of nitrogens with zero attached hydrogens (tertiary/aromatic N) is 1. The molecule has 0 aromatic heterocycles. The third-order valence-corrected chi connectivity index (χ3v) is 3.58. The van der Waals surface area contributed by atoms with Crippen LogP contribution < -0.4 is 10.6 Å². The zero-order valence-corrected chi connectivity index (χ0v) is 11.8. The molecule has 0 saturated carbocycles. The van der Waals surface area contributed by atoms with Gasteiger partial charge in [-0.3, -0.25) is 9.59 Å². The van der Waals surface area contributed by atoms with Crippen LogP contribution in [-0.4, -0.2) is 49.9 Å². The fourth-order valence-electron chi connectivity index (χ4n) is 2.52. The second-order valence-electron chi connectivity index (χ2n) is 5.15. The highest BCUT2D eigenvalue weighted by Crippen LogP contribution is 2.17. The summed E-state index contributed by atoms with van der Waals surface area (Å²) < 4.78 is 26.7.